The zero-order valence-electron chi connectivity index (χ0n) is 18.4. The Morgan fingerprint density at radius 3 is 2.00 bits per heavy atom. The van der Waals surface area contributed by atoms with E-state index in [-0.39, 0.29) is 16.8 Å². The molecule has 0 radical (unpaired) electrons. The average Bonchev–Trinajstić information content (AvgIpc) is 2.84. The Hall–Kier alpha value is -4.00. The average molecular weight is 498 g/mol. The molecule has 0 heterocycles. The van der Waals surface area contributed by atoms with Crippen molar-refractivity contribution in [2.24, 2.45) is 0 Å². The van der Waals surface area contributed by atoms with Gasteiger partial charge in [-0.1, -0.05) is 24.3 Å². The van der Waals surface area contributed by atoms with E-state index in [1.165, 1.54) is 12.1 Å². The Morgan fingerprint density at radius 2 is 1.54 bits per heavy atom. The maximum absolute atomic E-state index is 12.8. The number of nitro groups is 1. The molecule has 2 aromatic carbocycles. The molecule has 2 aromatic rings. The van der Waals surface area contributed by atoms with Crippen LogP contribution in [0.25, 0.3) is 0 Å². The van der Waals surface area contributed by atoms with Crippen LogP contribution in [0.15, 0.2) is 48.5 Å². The number of carbonyl (C=O) groups is 3. The highest BCUT2D eigenvalue weighted by Crippen LogP contribution is 2.31. The summed E-state index contributed by atoms with van der Waals surface area (Å²) in [6, 6.07) is 6.43. The van der Waals surface area contributed by atoms with Crippen LogP contribution < -0.4 is 5.32 Å². The number of hydrogen-bond donors (Lipinski definition) is 2. The Bertz CT molecular complexity index is 1070. The normalized spacial score (nSPS) is 13.8. The van der Waals surface area contributed by atoms with Crippen LogP contribution in [0.4, 0.5) is 18.9 Å². The van der Waals surface area contributed by atoms with Crippen LogP contribution >= 0.6 is 0 Å². The number of esters is 2. The van der Waals surface area contributed by atoms with Crippen LogP contribution in [0, 0.1) is 10.1 Å². The molecular formula is C22H21F3N2O8. The fourth-order valence-corrected chi connectivity index (χ4v) is 3.22. The van der Waals surface area contributed by atoms with Gasteiger partial charge < -0.3 is 19.9 Å². The second-order valence-electron chi connectivity index (χ2n) is 7.27. The first-order valence-corrected chi connectivity index (χ1v) is 9.93. The molecule has 188 valence electrons. The van der Waals surface area contributed by atoms with E-state index in [1.54, 1.807) is 0 Å². The van der Waals surface area contributed by atoms with E-state index in [1.807, 2.05) is 0 Å². The van der Waals surface area contributed by atoms with E-state index in [0.29, 0.717) is 12.1 Å². The number of carbonyl (C=O) groups excluding carboxylic acids is 3. The number of nitrogens with zero attached hydrogens (tertiary/aromatic N) is 1. The molecule has 0 aliphatic rings. The predicted molar refractivity (Wildman–Crippen MR) is 113 cm³/mol. The molecule has 2 rings (SSSR count). The molecule has 0 unspecified atom stereocenters. The SMILES string of the molecule is COC(=O)C[C@@H](c1ccc([N+](=O)[O-])cc1)[C@@H](NC(=O)[C@@H](O)c1ccc(C(F)(F)F)cc1)C(=O)OC. The van der Waals surface area contributed by atoms with Gasteiger partial charge in [-0.3, -0.25) is 19.7 Å². The zero-order valence-corrected chi connectivity index (χ0v) is 18.4. The minimum Gasteiger partial charge on any atom is -0.469 e. The van der Waals surface area contributed by atoms with Crippen molar-refractivity contribution in [2.45, 2.75) is 30.7 Å². The number of amides is 1. The van der Waals surface area contributed by atoms with Gasteiger partial charge in [0.15, 0.2) is 6.10 Å². The number of nitrogens with one attached hydrogen (secondary N) is 1. The first kappa shape index (κ1) is 27.2. The van der Waals surface area contributed by atoms with Crippen LogP contribution in [0.2, 0.25) is 0 Å². The van der Waals surface area contributed by atoms with E-state index < -0.39 is 59.0 Å². The largest absolute Gasteiger partial charge is 0.469 e. The third kappa shape index (κ3) is 6.99. The highest BCUT2D eigenvalue weighted by Gasteiger charge is 2.36. The molecule has 3 atom stereocenters. The van der Waals surface area contributed by atoms with Crippen LogP contribution in [-0.2, 0) is 30.0 Å². The van der Waals surface area contributed by atoms with Crippen molar-refractivity contribution in [3.8, 4) is 0 Å². The van der Waals surface area contributed by atoms with Crippen molar-refractivity contribution >= 4 is 23.5 Å². The summed E-state index contributed by atoms with van der Waals surface area (Å²) in [7, 11) is 2.11. The monoisotopic (exact) mass is 498 g/mol. The molecule has 0 spiro atoms. The molecule has 0 saturated heterocycles. The van der Waals surface area contributed by atoms with Gasteiger partial charge in [0.25, 0.3) is 11.6 Å². The van der Waals surface area contributed by atoms with E-state index in [0.717, 1.165) is 38.5 Å². The molecule has 0 bridgehead atoms. The van der Waals surface area contributed by atoms with Gasteiger partial charge in [0.1, 0.15) is 6.04 Å². The standard InChI is InChI=1S/C22H21F3N2O8/c1-34-17(28)11-16(12-5-9-15(10-6-12)27(32)33)18(21(31)35-2)26-20(30)19(29)13-3-7-14(8-4-13)22(23,24)25/h3-10,16,18-19,29H,11H2,1-2H3,(H,26,30)/t16-,18+,19-/m0/s1. The van der Waals surface area contributed by atoms with Crippen molar-refractivity contribution in [3.63, 3.8) is 0 Å². The topological polar surface area (TPSA) is 145 Å². The van der Waals surface area contributed by atoms with Gasteiger partial charge in [-0.05, 0) is 23.3 Å². The number of nitro benzene ring substituents is 1. The van der Waals surface area contributed by atoms with Gasteiger partial charge in [-0.25, -0.2) is 4.79 Å². The van der Waals surface area contributed by atoms with E-state index in [9.17, 15) is 42.8 Å². The quantitative estimate of drug-likeness (QED) is 0.305. The molecule has 0 saturated carbocycles. The summed E-state index contributed by atoms with van der Waals surface area (Å²) in [6.07, 6.45) is -7.03. The second-order valence-corrected chi connectivity index (χ2v) is 7.27. The van der Waals surface area contributed by atoms with Gasteiger partial charge in [0.05, 0.1) is 31.1 Å². The Balaban J connectivity index is 2.36. The van der Waals surface area contributed by atoms with Crippen molar-refractivity contribution < 1.29 is 47.1 Å². The summed E-state index contributed by atoms with van der Waals surface area (Å²) in [6.45, 7) is 0. The molecule has 0 fully saturated rings. The number of hydrogen-bond acceptors (Lipinski definition) is 8. The first-order valence-electron chi connectivity index (χ1n) is 9.93. The van der Waals surface area contributed by atoms with Crippen molar-refractivity contribution in [1.82, 2.24) is 5.32 Å². The molecule has 0 aliphatic carbocycles. The number of rotatable bonds is 9. The van der Waals surface area contributed by atoms with Gasteiger partial charge in [-0.15, -0.1) is 0 Å². The maximum Gasteiger partial charge on any atom is 0.416 e. The number of non-ortho nitro benzene ring substituents is 1. The maximum atomic E-state index is 12.8. The lowest BCUT2D eigenvalue weighted by molar-refractivity contribution is -0.384. The van der Waals surface area contributed by atoms with E-state index >= 15 is 0 Å². The van der Waals surface area contributed by atoms with E-state index in [2.05, 4.69) is 10.1 Å². The minimum atomic E-state index is -4.62. The molecular weight excluding hydrogens is 477 g/mol. The van der Waals surface area contributed by atoms with Crippen LogP contribution in [-0.4, -0.2) is 48.1 Å². The van der Waals surface area contributed by atoms with Crippen LogP contribution in [0.5, 0.6) is 0 Å². The molecule has 1 amide bonds. The third-order valence-electron chi connectivity index (χ3n) is 5.10. The summed E-state index contributed by atoms with van der Waals surface area (Å²) in [5.74, 6) is -4.07. The zero-order chi connectivity index (χ0) is 26.3. The van der Waals surface area contributed by atoms with Gasteiger partial charge in [0, 0.05) is 18.1 Å². The first-order chi connectivity index (χ1) is 16.4. The smallest absolute Gasteiger partial charge is 0.416 e. The summed E-state index contributed by atoms with van der Waals surface area (Å²) in [5.41, 5.74) is -1.20. The van der Waals surface area contributed by atoms with Crippen molar-refractivity contribution in [1.29, 1.82) is 0 Å². The van der Waals surface area contributed by atoms with Gasteiger partial charge >= 0.3 is 18.1 Å². The molecule has 10 nitrogen and oxygen atoms in total. The Morgan fingerprint density at radius 1 is 1.00 bits per heavy atom. The Labute approximate surface area is 196 Å². The van der Waals surface area contributed by atoms with Gasteiger partial charge in [0.2, 0.25) is 0 Å². The molecule has 35 heavy (non-hydrogen) atoms. The number of aliphatic hydroxyl groups is 1. The number of halogens is 3. The highest BCUT2D eigenvalue weighted by molar-refractivity contribution is 5.88. The predicted octanol–water partition coefficient (Wildman–Crippen LogP) is 2.65. The van der Waals surface area contributed by atoms with Crippen molar-refractivity contribution in [2.75, 3.05) is 14.2 Å². The fraction of sp³-hybridized carbons (Fsp3) is 0.318. The summed E-state index contributed by atoms with van der Waals surface area (Å²) in [4.78, 5) is 47.5. The summed E-state index contributed by atoms with van der Waals surface area (Å²) < 4.78 is 47.6. The summed E-state index contributed by atoms with van der Waals surface area (Å²) >= 11 is 0. The Kier molecular flexibility index (Phi) is 8.89. The summed E-state index contributed by atoms with van der Waals surface area (Å²) in [5, 5.41) is 23.5. The highest BCUT2D eigenvalue weighted by atomic mass is 19.4. The lowest BCUT2D eigenvalue weighted by Crippen LogP contribution is -2.47. The molecule has 13 heteroatoms. The second kappa shape index (κ2) is 11.4. The number of ether oxygens (including phenoxy) is 2. The lowest BCUT2D eigenvalue weighted by Gasteiger charge is -2.27. The lowest BCUT2D eigenvalue weighted by atomic mass is 9.88. The van der Waals surface area contributed by atoms with E-state index in [4.69, 9.17) is 4.74 Å². The minimum absolute atomic E-state index is 0.182. The van der Waals surface area contributed by atoms with Crippen LogP contribution in [0.1, 0.15) is 35.1 Å². The molecule has 0 aliphatic heterocycles. The number of alkyl halides is 3. The molecule has 0 aromatic heterocycles. The number of methoxy groups -OCH3 is 2. The third-order valence-corrected chi connectivity index (χ3v) is 5.10. The number of aliphatic hydroxyl groups excluding tert-OH is 1. The van der Waals surface area contributed by atoms with Crippen LogP contribution in [0.3, 0.4) is 0 Å². The van der Waals surface area contributed by atoms with Crippen molar-refractivity contribution in [3.05, 3.63) is 75.3 Å². The van der Waals surface area contributed by atoms with Gasteiger partial charge in [-0.2, -0.15) is 13.2 Å². The number of benzene rings is 2. The molecule has 2 N–H and O–H groups in total. The fourth-order valence-electron chi connectivity index (χ4n) is 3.22.